The topological polar surface area (TPSA) is 54.5 Å². The number of hydrogen-bond acceptors (Lipinski definition) is 4. The summed E-state index contributed by atoms with van der Waals surface area (Å²) in [5, 5.41) is 3.33. The van der Waals surface area contributed by atoms with Crippen LogP contribution in [0.3, 0.4) is 0 Å². The number of rotatable bonds is 5. The molecular weight excluding hydrogens is 326 g/mol. The SMILES string of the molecule is COc1ccc(C(=O)NC2C3CCN(CC3)C2Cc2cccnc2)cc1. The lowest BCUT2D eigenvalue weighted by Crippen LogP contribution is -2.64. The highest BCUT2D eigenvalue weighted by Crippen LogP contribution is 2.34. The number of benzene rings is 1. The molecule has 3 aliphatic rings. The first-order valence-electron chi connectivity index (χ1n) is 9.32. The number of amides is 1. The van der Waals surface area contributed by atoms with Crippen LogP contribution in [0.2, 0.25) is 0 Å². The van der Waals surface area contributed by atoms with Gasteiger partial charge in [0.15, 0.2) is 0 Å². The van der Waals surface area contributed by atoms with Gasteiger partial charge in [-0.1, -0.05) is 6.07 Å². The Morgan fingerprint density at radius 1 is 1.23 bits per heavy atom. The van der Waals surface area contributed by atoms with Crippen molar-refractivity contribution in [1.29, 1.82) is 0 Å². The number of nitrogens with zero attached hydrogens (tertiary/aromatic N) is 2. The zero-order valence-electron chi connectivity index (χ0n) is 15.1. The number of carbonyl (C=O) groups is 1. The second-order valence-corrected chi connectivity index (χ2v) is 7.23. The Morgan fingerprint density at radius 3 is 2.65 bits per heavy atom. The Hall–Kier alpha value is -2.40. The molecular formula is C21H25N3O2. The summed E-state index contributed by atoms with van der Waals surface area (Å²) in [6.45, 7) is 2.26. The van der Waals surface area contributed by atoms with Crippen LogP contribution >= 0.6 is 0 Å². The number of piperidine rings is 3. The van der Waals surface area contributed by atoms with Crippen LogP contribution < -0.4 is 10.1 Å². The monoisotopic (exact) mass is 351 g/mol. The van der Waals surface area contributed by atoms with Crippen molar-refractivity contribution in [2.24, 2.45) is 5.92 Å². The van der Waals surface area contributed by atoms with Crippen LogP contribution in [0.4, 0.5) is 0 Å². The van der Waals surface area contributed by atoms with Gasteiger partial charge in [-0.2, -0.15) is 0 Å². The maximum atomic E-state index is 12.8. The van der Waals surface area contributed by atoms with Crippen molar-refractivity contribution >= 4 is 5.91 Å². The smallest absolute Gasteiger partial charge is 0.251 e. The molecule has 0 saturated carbocycles. The molecule has 5 nitrogen and oxygen atoms in total. The fraction of sp³-hybridized carbons (Fsp3) is 0.429. The molecule has 2 unspecified atom stereocenters. The molecule has 1 amide bonds. The van der Waals surface area contributed by atoms with Crippen molar-refractivity contribution in [3.8, 4) is 5.75 Å². The highest BCUT2D eigenvalue weighted by Gasteiger charge is 2.42. The molecule has 1 N–H and O–H groups in total. The lowest BCUT2D eigenvalue weighted by Gasteiger charge is -2.51. The quantitative estimate of drug-likeness (QED) is 0.899. The molecule has 2 bridgehead atoms. The van der Waals surface area contributed by atoms with Crippen molar-refractivity contribution in [2.75, 3.05) is 20.2 Å². The van der Waals surface area contributed by atoms with Gasteiger partial charge in [-0.25, -0.2) is 0 Å². The summed E-state index contributed by atoms with van der Waals surface area (Å²) in [5.41, 5.74) is 1.91. The van der Waals surface area contributed by atoms with Gasteiger partial charge in [0.2, 0.25) is 0 Å². The average Bonchev–Trinajstić information content (AvgIpc) is 2.71. The lowest BCUT2D eigenvalue weighted by molar-refractivity contribution is 0.0136. The number of methoxy groups -OCH3 is 1. The van der Waals surface area contributed by atoms with Crippen molar-refractivity contribution in [2.45, 2.75) is 31.3 Å². The molecule has 5 heteroatoms. The minimum atomic E-state index is 0.00240. The standard InChI is InChI=1S/C21H25N3O2/c1-26-18-6-4-17(5-7-18)21(25)23-20-16-8-11-24(12-9-16)19(20)13-15-3-2-10-22-14-15/h2-7,10,14,16,19-20H,8-9,11-13H2,1H3,(H,23,25). The minimum Gasteiger partial charge on any atom is -0.497 e. The molecule has 5 rings (SSSR count). The number of carbonyl (C=O) groups excluding carboxylic acids is 1. The summed E-state index contributed by atoms with van der Waals surface area (Å²) in [5.74, 6) is 1.32. The number of fused-ring (bicyclic) bond motifs is 3. The fourth-order valence-electron chi connectivity index (χ4n) is 4.36. The van der Waals surface area contributed by atoms with E-state index >= 15 is 0 Å². The third-order valence-corrected chi connectivity index (χ3v) is 5.78. The van der Waals surface area contributed by atoms with Crippen LogP contribution in [0.5, 0.6) is 5.75 Å². The zero-order chi connectivity index (χ0) is 17.9. The maximum absolute atomic E-state index is 12.8. The molecule has 136 valence electrons. The second-order valence-electron chi connectivity index (χ2n) is 7.23. The van der Waals surface area contributed by atoms with Crippen molar-refractivity contribution < 1.29 is 9.53 Å². The molecule has 4 heterocycles. The molecule has 3 fully saturated rings. The number of hydrogen-bond donors (Lipinski definition) is 1. The van der Waals surface area contributed by atoms with Gasteiger partial charge < -0.3 is 10.1 Å². The van der Waals surface area contributed by atoms with Crippen molar-refractivity contribution in [3.05, 3.63) is 59.9 Å². The van der Waals surface area contributed by atoms with E-state index in [1.807, 2.05) is 36.5 Å². The van der Waals surface area contributed by atoms with Crippen molar-refractivity contribution in [1.82, 2.24) is 15.2 Å². The van der Waals surface area contributed by atoms with Crippen LogP contribution in [0.25, 0.3) is 0 Å². The Balaban J connectivity index is 1.51. The van der Waals surface area contributed by atoms with Crippen LogP contribution in [-0.2, 0) is 6.42 Å². The van der Waals surface area contributed by atoms with Crippen LogP contribution in [0.1, 0.15) is 28.8 Å². The number of nitrogens with one attached hydrogen (secondary N) is 1. The first-order valence-corrected chi connectivity index (χ1v) is 9.32. The molecule has 3 saturated heterocycles. The van der Waals surface area contributed by atoms with E-state index < -0.39 is 0 Å². The van der Waals surface area contributed by atoms with Gasteiger partial charge in [-0.15, -0.1) is 0 Å². The van der Waals surface area contributed by atoms with Gasteiger partial charge in [-0.05, 0) is 74.2 Å². The van der Waals surface area contributed by atoms with Gasteiger partial charge >= 0.3 is 0 Å². The van der Waals surface area contributed by atoms with E-state index in [1.54, 1.807) is 13.3 Å². The van der Waals surface area contributed by atoms with Crippen LogP contribution in [0.15, 0.2) is 48.8 Å². The Bertz CT molecular complexity index is 740. The Kier molecular flexibility index (Phi) is 4.89. The average molecular weight is 351 g/mol. The molecule has 26 heavy (non-hydrogen) atoms. The molecule has 1 aromatic heterocycles. The molecule has 2 aromatic rings. The summed E-state index contributed by atoms with van der Waals surface area (Å²) in [4.78, 5) is 19.6. The third kappa shape index (κ3) is 3.44. The highest BCUT2D eigenvalue weighted by atomic mass is 16.5. The highest BCUT2D eigenvalue weighted by molar-refractivity contribution is 5.94. The normalized spacial score (nSPS) is 27.1. The first-order chi connectivity index (χ1) is 12.7. The van der Waals surface area contributed by atoms with E-state index in [0.29, 0.717) is 17.5 Å². The molecule has 1 aromatic carbocycles. The van der Waals surface area contributed by atoms with E-state index in [0.717, 1.165) is 38.1 Å². The van der Waals surface area contributed by atoms with Crippen LogP contribution in [-0.4, -0.2) is 48.1 Å². The number of pyridine rings is 1. The van der Waals surface area contributed by atoms with Gasteiger partial charge in [0.1, 0.15) is 5.75 Å². The van der Waals surface area contributed by atoms with E-state index in [-0.39, 0.29) is 11.9 Å². The number of ether oxygens (including phenoxy) is 1. The predicted octanol–water partition coefficient (Wildman–Crippen LogP) is 2.53. The molecule has 0 aliphatic carbocycles. The van der Waals surface area contributed by atoms with Gasteiger partial charge in [0.25, 0.3) is 5.91 Å². The summed E-state index contributed by atoms with van der Waals surface area (Å²) >= 11 is 0. The predicted molar refractivity (Wildman–Crippen MR) is 100 cm³/mol. The largest absolute Gasteiger partial charge is 0.497 e. The van der Waals surface area contributed by atoms with E-state index in [2.05, 4.69) is 21.3 Å². The van der Waals surface area contributed by atoms with Gasteiger partial charge in [0, 0.05) is 30.0 Å². The van der Waals surface area contributed by atoms with E-state index in [9.17, 15) is 4.79 Å². The molecule has 2 atom stereocenters. The summed E-state index contributed by atoms with van der Waals surface area (Å²) in [6.07, 6.45) is 7.00. The maximum Gasteiger partial charge on any atom is 0.251 e. The lowest BCUT2D eigenvalue weighted by atomic mass is 9.76. The summed E-state index contributed by atoms with van der Waals surface area (Å²) in [7, 11) is 1.63. The summed E-state index contributed by atoms with van der Waals surface area (Å²) in [6, 6.07) is 11.9. The fourth-order valence-corrected chi connectivity index (χ4v) is 4.36. The third-order valence-electron chi connectivity index (χ3n) is 5.78. The van der Waals surface area contributed by atoms with Gasteiger partial charge in [0.05, 0.1) is 7.11 Å². The molecule has 0 radical (unpaired) electrons. The summed E-state index contributed by atoms with van der Waals surface area (Å²) < 4.78 is 5.18. The first kappa shape index (κ1) is 17.0. The Labute approximate surface area is 154 Å². The van der Waals surface area contributed by atoms with E-state index in [4.69, 9.17) is 4.74 Å². The van der Waals surface area contributed by atoms with Gasteiger partial charge in [-0.3, -0.25) is 14.7 Å². The second kappa shape index (κ2) is 7.46. The zero-order valence-corrected chi connectivity index (χ0v) is 15.1. The molecule has 0 spiro atoms. The van der Waals surface area contributed by atoms with Crippen molar-refractivity contribution in [3.63, 3.8) is 0 Å². The van der Waals surface area contributed by atoms with E-state index in [1.165, 1.54) is 5.56 Å². The Morgan fingerprint density at radius 2 is 2.00 bits per heavy atom. The molecule has 3 aliphatic heterocycles. The minimum absolute atomic E-state index is 0.00240. The van der Waals surface area contributed by atoms with Crippen LogP contribution in [0, 0.1) is 5.92 Å². The number of aromatic nitrogens is 1.